The molecule has 6 nitrogen and oxygen atoms in total. The summed E-state index contributed by atoms with van der Waals surface area (Å²) in [7, 11) is 1.32. The monoisotopic (exact) mass is 370 g/mol. The van der Waals surface area contributed by atoms with Crippen molar-refractivity contribution in [3.05, 3.63) is 65.2 Å². The first-order valence-corrected chi connectivity index (χ1v) is 8.88. The van der Waals surface area contributed by atoms with E-state index in [-0.39, 0.29) is 11.7 Å². The fourth-order valence-corrected chi connectivity index (χ4v) is 2.60. The molecule has 1 amide bonds. The lowest BCUT2D eigenvalue weighted by Gasteiger charge is -2.17. The van der Waals surface area contributed by atoms with Gasteiger partial charge in [-0.05, 0) is 41.3 Å². The topological polar surface area (TPSA) is 87.7 Å². The Hall–Kier alpha value is -2.86. The highest BCUT2D eigenvalue weighted by atomic mass is 16.5. The van der Waals surface area contributed by atoms with Gasteiger partial charge in [0.2, 0.25) is 0 Å². The molecule has 2 rings (SSSR count). The summed E-state index contributed by atoms with van der Waals surface area (Å²) in [6.45, 7) is 5.05. The number of benzene rings is 2. The second kappa shape index (κ2) is 9.73. The maximum atomic E-state index is 12.2. The molecule has 0 saturated heterocycles. The van der Waals surface area contributed by atoms with Crippen molar-refractivity contribution < 1.29 is 19.4 Å². The van der Waals surface area contributed by atoms with E-state index in [2.05, 4.69) is 10.6 Å². The van der Waals surface area contributed by atoms with Crippen LogP contribution in [0.1, 0.15) is 41.4 Å². The fraction of sp³-hybridized carbons (Fsp3) is 0.333. The van der Waals surface area contributed by atoms with Crippen molar-refractivity contribution in [2.45, 2.75) is 26.4 Å². The van der Waals surface area contributed by atoms with Crippen LogP contribution in [0.25, 0.3) is 0 Å². The van der Waals surface area contributed by atoms with Gasteiger partial charge in [0, 0.05) is 18.7 Å². The number of phenolic OH excluding ortho intramolecular Hbond substituents is 1. The van der Waals surface area contributed by atoms with E-state index in [9.17, 15) is 14.7 Å². The van der Waals surface area contributed by atoms with Crippen LogP contribution in [0, 0.1) is 5.92 Å². The van der Waals surface area contributed by atoms with Crippen molar-refractivity contribution in [1.29, 1.82) is 0 Å². The van der Waals surface area contributed by atoms with Crippen molar-refractivity contribution in [2.75, 3.05) is 13.7 Å². The highest BCUT2D eigenvalue weighted by Crippen LogP contribution is 2.20. The summed E-state index contributed by atoms with van der Waals surface area (Å²) in [4.78, 5) is 24.4. The van der Waals surface area contributed by atoms with Crippen LogP contribution in [0.2, 0.25) is 0 Å². The van der Waals surface area contributed by atoms with Crippen molar-refractivity contribution >= 4 is 11.9 Å². The molecular weight excluding hydrogens is 344 g/mol. The fourth-order valence-electron chi connectivity index (χ4n) is 2.60. The van der Waals surface area contributed by atoms with Crippen LogP contribution in [-0.2, 0) is 16.1 Å². The number of esters is 1. The average Bonchev–Trinajstić information content (AvgIpc) is 2.66. The number of nitrogens with one attached hydrogen (secondary N) is 2. The second-order valence-corrected chi connectivity index (χ2v) is 6.74. The number of carbonyl (C=O) groups excluding carboxylic acids is 2. The predicted molar refractivity (Wildman–Crippen MR) is 103 cm³/mol. The van der Waals surface area contributed by atoms with Crippen LogP contribution in [0.4, 0.5) is 0 Å². The van der Waals surface area contributed by atoms with Crippen LogP contribution in [-0.4, -0.2) is 30.6 Å². The van der Waals surface area contributed by atoms with Gasteiger partial charge in [0.05, 0.1) is 7.11 Å². The maximum absolute atomic E-state index is 12.2. The summed E-state index contributed by atoms with van der Waals surface area (Å²) in [5.74, 6) is -0.122. The van der Waals surface area contributed by atoms with Gasteiger partial charge >= 0.3 is 5.97 Å². The van der Waals surface area contributed by atoms with E-state index in [1.165, 1.54) is 19.2 Å². The lowest BCUT2D eigenvalue weighted by atomic mass is 10.1. The number of amides is 1. The summed E-state index contributed by atoms with van der Waals surface area (Å²) in [6, 6.07) is 13.0. The number of rotatable bonds is 8. The minimum Gasteiger partial charge on any atom is -0.508 e. The maximum Gasteiger partial charge on any atom is 0.327 e. The second-order valence-electron chi connectivity index (χ2n) is 6.74. The Morgan fingerprint density at radius 2 is 1.85 bits per heavy atom. The molecule has 3 N–H and O–H groups in total. The molecule has 0 spiro atoms. The van der Waals surface area contributed by atoms with Crippen LogP contribution >= 0.6 is 0 Å². The third-order valence-electron chi connectivity index (χ3n) is 4.01. The van der Waals surface area contributed by atoms with Gasteiger partial charge in [-0.3, -0.25) is 10.1 Å². The van der Waals surface area contributed by atoms with Crippen molar-refractivity contribution in [3.63, 3.8) is 0 Å². The first-order chi connectivity index (χ1) is 12.9. The van der Waals surface area contributed by atoms with Gasteiger partial charge in [-0.2, -0.15) is 0 Å². The van der Waals surface area contributed by atoms with E-state index in [4.69, 9.17) is 4.74 Å². The Morgan fingerprint density at radius 1 is 1.11 bits per heavy atom. The van der Waals surface area contributed by atoms with Crippen LogP contribution in [0.3, 0.4) is 0 Å². The van der Waals surface area contributed by atoms with E-state index < -0.39 is 12.0 Å². The molecule has 0 aliphatic rings. The van der Waals surface area contributed by atoms with Gasteiger partial charge in [-0.15, -0.1) is 0 Å². The summed E-state index contributed by atoms with van der Waals surface area (Å²) in [6.07, 6.45) is 0. The van der Waals surface area contributed by atoms with Crippen LogP contribution in [0.5, 0.6) is 5.75 Å². The van der Waals surface area contributed by atoms with Crippen molar-refractivity contribution in [1.82, 2.24) is 10.6 Å². The minimum atomic E-state index is -0.722. The van der Waals surface area contributed by atoms with Gasteiger partial charge in [0.15, 0.2) is 0 Å². The molecule has 0 saturated carbocycles. The third-order valence-corrected chi connectivity index (χ3v) is 4.01. The van der Waals surface area contributed by atoms with E-state index in [1.807, 2.05) is 26.0 Å². The highest BCUT2D eigenvalue weighted by Gasteiger charge is 2.21. The Kier molecular flexibility index (Phi) is 7.37. The van der Waals surface area contributed by atoms with Crippen molar-refractivity contribution in [2.24, 2.45) is 5.92 Å². The predicted octanol–water partition coefficient (Wildman–Crippen LogP) is 2.78. The largest absolute Gasteiger partial charge is 0.508 e. The average molecular weight is 370 g/mol. The zero-order chi connectivity index (χ0) is 19.8. The molecule has 0 aliphatic carbocycles. The van der Waals surface area contributed by atoms with E-state index in [0.29, 0.717) is 30.1 Å². The number of aromatic hydroxyl groups is 1. The Balaban J connectivity index is 2.09. The number of hydrogen-bond acceptors (Lipinski definition) is 5. The molecule has 2 aromatic rings. The molecule has 6 heteroatoms. The Morgan fingerprint density at radius 3 is 2.52 bits per heavy atom. The quantitative estimate of drug-likeness (QED) is 0.622. The molecule has 0 aromatic heterocycles. The van der Waals surface area contributed by atoms with Gasteiger partial charge in [-0.1, -0.05) is 38.1 Å². The Labute approximate surface area is 159 Å². The van der Waals surface area contributed by atoms with E-state index in [1.54, 1.807) is 24.3 Å². The van der Waals surface area contributed by atoms with Gasteiger partial charge in [0.25, 0.3) is 5.91 Å². The lowest BCUT2D eigenvalue weighted by molar-refractivity contribution is -0.143. The minimum absolute atomic E-state index is 0.0759. The molecule has 1 atom stereocenters. The van der Waals surface area contributed by atoms with Gasteiger partial charge in [0.1, 0.15) is 11.8 Å². The summed E-state index contributed by atoms with van der Waals surface area (Å²) in [5.41, 5.74) is 2.04. The summed E-state index contributed by atoms with van der Waals surface area (Å²) in [5, 5.41) is 15.7. The van der Waals surface area contributed by atoms with Gasteiger partial charge in [-0.25, -0.2) is 4.79 Å². The summed E-state index contributed by atoms with van der Waals surface area (Å²) < 4.78 is 4.86. The molecule has 27 heavy (non-hydrogen) atoms. The normalized spacial score (nSPS) is 11.9. The molecule has 0 heterocycles. The SMILES string of the molecule is COC(=O)C(NCc1cccc(C(=O)NCC(C)C)c1)c1cccc(O)c1. The molecule has 0 fully saturated rings. The number of ether oxygens (including phenoxy) is 1. The molecule has 0 aliphatic heterocycles. The third kappa shape index (κ3) is 6.11. The number of hydrogen-bond donors (Lipinski definition) is 3. The molecule has 1 unspecified atom stereocenters. The molecular formula is C21H26N2O4. The van der Waals surface area contributed by atoms with E-state index >= 15 is 0 Å². The van der Waals surface area contributed by atoms with Crippen LogP contribution < -0.4 is 10.6 Å². The molecule has 0 bridgehead atoms. The van der Waals surface area contributed by atoms with E-state index in [0.717, 1.165) is 5.56 Å². The molecule has 2 aromatic carbocycles. The smallest absolute Gasteiger partial charge is 0.327 e. The standard InChI is InChI=1S/C21H26N2O4/c1-14(2)12-23-20(25)17-8-4-6-15(10-17)13-22-19(21(26)27-3)16-7-5-9-18(24)11-16/h4-11,14,19,22,24H,12-13H2,1-3H3,(H,23,25). The number of carbonyl (C=O) groups is 2. The summed E-state index contributed by atoms with van der Waals surface area (Å²) >= 11 is 0. The molecule has 144 valence electrons. The zero-order valence-corrected chi connectivity index (χ0v) is 15.9. The first-order valence-electron chi connectivity index (χ1n) is 8.88. The Bertz CT molecular complexity index is 789. The van der Waals surface area contributed by atoms with Crippen molar-refractivity contribution in [3.8, 4) is 5.75 Å². The first kappa shape index (κ1) is 20.5. The van der Waals surface area contributed by atoms with Gasteiger partial charge < -0.3 is 15.2 Å². The highest BCUT2D eigenvalue weighted by molar-refractivity contribution is 5.94. The zero-order valence-electron chi connectivity index (χ0n) is 15.9. The number of methoxy groups -OCH3 is 1. The number of phenols is 1. The van der Waals surface area contributed by atoms with Crippen LogP contribution in [0.15, 0.2) is 48.5 Å². The lowest BCUT2D eigenvalue weighted by Crippen LogP contribution is -2.29. The molecule has 0 radical (unpaired) electrons.